The quantitative estimate of drug-likeness (QED) is 0.912. The van der Waals surface area contributed by atoms with Crippen molar-refractivity contribution in [2.24, 2.45) is 0 Å². The number of amides is 1. The fraction of sp³-hybridized carbons (Fsp3) is 0.308. The van der Waals surface area contributed by atoms with Crippen molar-refractivity contribution >= 4 is 33.0 Å². The van der Waals surface area contributed by atoms with E-state index in [1.165, 1.54) is 11.3 Å². The molecule has 0 fully saturated rings. The summed E-state index contributed by atoms with van der Waals surface area (Å²) >= 11 is 1.19. The molecule has 2 aromatic rings. The van der Waals surface area contributed by atoms with E-state index in [1.54, 1.807) is 0 Å². The number of halogens is 3. The summed E-state index contributed by atoms with van der Waals surface area (Å²) in [4.78, 5) is 12.1. The number of aryl methyl sites for hydroxylation is 1. The molecule has 0 aliphatic heterocycles. The zero-order chi connectivity index (χ0) is 14.9. The SMILES string of the molecule is Cc1ccc2c(N)c(C(=O)NCCC(F)(F)F)sc2c1. The number of nitrogen functional groups attached to an aromatic ring is 1. The van der Waals surface area contributed by atoms with Gasteiger partial charge in [-0.15, -0.1) is 11.3 Å². The van der Waals surface area contributed by atoms with Gasteiger partial charge in [0.25, 0.3) is 5.91 Å². The summed E-state index contributed by atoms with van der Waals surface area (Å²) in [5.41, 5.74) is 7.22. The molecule has 0 aliphatic carbocycles. The molecule has 0 saturated carbocycles. The van der Waals surface area contributed by atoms with Gasteiger partial charge in [0.05, 0.1) is 12.1 Å². The lowest BCUT2D eigenvalue weighted by atomic mass is 10.1. The summed E-state index contributed by atoms with van der Waals surface area (Å²) in [6.45, 7) is 1.47. The van der Waals surface area contributed by atoms with Crippen LogP contribution in [0.4, 0.5) is 18.9 Å². The highest BCUT2D eigenvalue weighted by atomic mass is 32.1. The molecular formula is C13H13F3N2OS. The number of fused-ring (bicyclic) bond motifs is 1. The molecule has 3 N–H and O–H groups in total. The maximum absolute atomic E-state index is 12.0. The lowest BCUT2D eigenvalue weighted by Crippen LogP contribution is -2.27. The van der Waals surface area contributed by atoms with Crippen molar-refractivity contribution in [2.75, 3.05) is 12.3 Å². The highest BCUT2D eigenvalue weighted by molar-refractivity contribution is 7.21. The van der Waals surface area contributed by atoms with E-state index >= 15 is 0 Å². The van der Waals surface area contributed by atoms with Crippen LogP contribution in [0.1, 0.15) is 21.7 Å². The van der Waals surface area contributed by atoms with Gasteiger partial charge in [0.2, 0.25) is 0 Å². The third-order valence-corrected chi connectivity index (χ3v) is 3.95. The standard InChI is InChI=1S/C13H13F3N2OS/c1-7-2-3-8-9(6-7)20-11(10(8)17)12(19)18-5-4-13(14,15)16/h2-3,6H,4-5,17H2,1H3,(H,18,19). The van der Waals surface area contributed by atoms with Gasteiger partial charge in [0.15, 0.2) is 0 Å². The Balaban J connectivity index is 2.16. The predicted molar refractivity (Wildman–Crippen MR) is 74.0 cm³/mol. The van der Waals surface area contributed by atoms with Crippen molar-refractivity contribution in [1.82, 2.24) is 5.32 Å². The van der Waals surface area contributed by atoms with Crippen molar-refractivity contribution in [3.05, 3.63) is 28.6 Å². The molecule has 0 bridgehead atoms. The van der Waals surface area contributed by atoms with Gasteiger partial charge in [-0.3, -0.25) is 4.79 Å². The molecule has 1 amide bonds. The molecule has 0 unspecified atom stereocenters. The molecule has 0 spiro atoms. The lowest BCUT2D eigenvalue weighted by Gasteiger charge is -2.07. The Hall–Kier alpha value is -1.76. The number of benzene rings is 1. The van der Waals surface area contributed by atoms with Gasteiger partial charge in [-0.2, -0.15) is 13.2 Å². The maximum atomic E-state index is 12.0. The molecule has 1 heterocycles. The first-order valence-electron chi connectivity index (χ1n) is 5.91. The summed E-state index contributed by atoms with van der Waals surface area (Å²) < 4.78 is 36.9. The average molecular weight is 302 g/mol. The van der Waals surface area contributed by atoms with Gasteiger partial charge in [0.1, 0.15) is 4.88 Å². The molecule has 20 heavy (non-hydrogen) atoms. The Kier molecular flexibility index (Phi) is 3.89. The minimum atomic E-state index is -4.28. The van der Waals surface area contributed by atoms with Crippen molar-refractivity contribution in [1.29, 1.82) is 0 Å². The number of carbonyl (C=O) groups excluding carboxylic acids is 1. The molecule has 3 nitrogen and oxygen atoms in total. The van der Waals surface area contributed by atoms with Crippen LogP contribution < -0.4 is 11.1 Å². The zero-order valence-corrected chi connectivity index (χ0v) is 11.5. The minimum absolute atomic E-state index is 0.257. The predicted octanol–water partition coefficient (Wildman–Crippen LogP) is 3.47. The van der Waals surface area contributed by atoms with Crippen LogP contribution in [-0.4, -0.2) is 18.6 Å². The van der Waals surface area contributed by atoms with Crippen molar-refractivity contribution in [3.8, 4) is 0 Å². The van der Waals surface area contributed by atoms with Gasteiger partial charge in [-0.1, -0.05) is 12.1 Å². The van der Waals surface area contributed by atoms with Crippen LogP contribution in [-0.2, 0) is 0 Å². The maximum Gasteiger partial charge on any atom is 0.390 e. The molecule has 1 aromatic heterocycles. The Morgan fingerprint density at radius 2 is 2.10 bits per heavy atom. The van der Waals surface area contributed by atoms with Gasteiger partial charge in [0, 0.05) is 16.6 Å². The van der Waals surface area contributed by atoms with Crippen molar-refractivity contribution in [3.63, 3.8) is 0 Å². The first-order chi connectivity index (χ1) is 9.28. The van der Waals surface area contributed by atoms with Crippen LogP contribution in [0.15, 0.2) is 18.2 Å². The second kappa shape index (κ2) is 5.32. The highest BCUT2D eigenvalue weighted by Gasteiger charge is 2.27. The highest BCUT2D eigenvalue weighted by Crippen LogP contribution is 2.34. The molecule has 1 aromatic carbocycles. The summed E-state index contributed by atoms with van der Waals surface area (Å²) in [7, 11) is 0. The summed E-state index contributed by atoms with van der Waals surface area (Å²) in [5, 5.41) is 2.99. The number of hydrogen-bond acceptors (Lipinski definition) is 3. The van der Waals surface area contributed by atoms with Gasteiger partial charge in [-0.25, -0.2) is 0 Å². The van der Waals surface area contributed by atoms with Crippen LogP contribution in [0, 0.1) is 6.92 Å². The number of rotatable bonds is 3. The Morgan fingerprint density at radius 3 is 2.75 bits per heavy atom. The summed E-state index contributed by atoms with van der Waals surface area (Å²) in [6, 6.07) is 5.57. The van der Waals surface area contributed by atoms with Crippen LogP contribution in [0.25, 0.3) is 10.1 Å². The topological polar surface area (TPSA) is 55.1 Å². The van der Waals surface area contributed by atoms with E-state index in [0.717, 1.165) is 15.6 Å². The Labute approximate surface area is 117 Å². The molecular weight excluding hydrogens is 289 g/mol. The number of alkyl halides is 3. The van der Waals surface area contributed by atoms with Crippen molar-refractivity contribution in [2.45, 2.75) is 19.5 Å². The third-order valence-electron chi connectivity index (χ3n) is 2.78. The van der Waals surface area contributed by atoms with Crippen LogP contribution in [0.3, 0.4) is 0 Å². The van der Waals surface area contributed by atoms with E-state index in [-0.39, 0.29) is 4.88 Å². The van der Waals surface area contributed by atoms with Crippen LogP contribution in [0.2, 0.25) is 0 Å². The second-order valence-electron chi connectivity index (χ2n) is 4.47. The molecule has 0 aliphatic rings. The van der Waals surface area contributed by atoms with E-state index < -0.39 is 25.0 Å². The van der Waals surface area contributed by atoms with E-state index in [0.29, 0.717) is 5.69 Å². The molecule has 7 heteroatoms. The second-order valence-corrected chi connectivity index (χ2v) is 5.52. The van der Waals surface area contributed by atoms with Crippen molar-refractivity contribution < 1.29 is 18.0 Å². The van der Waals surface area contributed by atoms with Crippen LogP contribution in [0.5, 0.6) is 0 Å². The Bertz CT molecular complexity index is 649. The monoisotopic (exact) mass is 302 g/mol. The molecule has 0 radical (unpaired) electrons. The number of hydrogen-bond donors (Lipinski definition) is 2. The van der Waals surface area contributed by atoms with E-state index in [1.807, 2.05) is 25.1 Å². The third kappa shape index (κ3) is 3.22. The smallest absolute Gasteiger partial charge is 0.390 e. The number of nitrogens with two attached hydrogens (primary N) is 1. The first kappa shape index (κ1) is 14.6. The number of carbonyl (C=O) groups is 1. The van der Waals surface area contributed by atoms with E-state index in [4.69, 9.17) is 5.73 Å². The summed E-state index contributed by atoms with van der Waals surface area (Å²) in [6.07, 6.45) is -5.33. The number of thiophene rings is 1. The fourth-order valence-corrected chi connectivity index (χ4v) is 2.93. The van der Waals surface area contributed by atoms with E-state index in [2.05, 4.69) is 5.32 Å². The van der Waals surface area contributed by atoms with Gasteiger partial charge < -0.3 is 11.1 Å². The average Bonchev–Trinajstić information content (AvgIpc) is 2.64. The zero-order valence-electron chi connectivity index (χ0n) is 10.7. The lowest BCUT2D eigenvalue weighted by molar-refractivity contribution is -0.132. The van der Waals surface area contributed by atoms with E-state index in [9.17, 15) is 18.0 Å². The molecule has 2 rings (SSSR count). The van der Waals surface area contributed by atoms with Gasteiger partial charge >= 0.3 is 6.18 Å². The van der Waals surface area contributed by atoms with Gasteiger partial charge in [-0.05, 0) is 18.6 Å². The molecule has 0 saturated heterocycles. The largest absolute Gasteiger partial charge is 0.397 e. The first-order valence-corrected chi connectivity index (χ1v) is 6.73. The normalized spacial score (nSPS) is 11.8. The molecule has 0 atom stereocenters. The number of anilines is 1. The minimum Gasteiger partial charge on any atom is -0.397 e. The van der Waals surface area contributed by atoms with Crippen LogP contribution >= 0.6 is 11.3 Å². The number of nitrogens with one attached hydrogen (secondary N) is 1. The summed E-state index contributed by atoms with van der Waals surface area (Å²) in [5.74, 6) is -0.564. The Morgan fingerprint density at radius 1 is 1.40 bits per heavy atom. The fourth-order valence-electron chi connectivity index (χ4n) is 1.79. The molecule has 108 valence electrons.